The summed E-state index contributed by atoms with van der Waals surface area (Å²) in [7, 11) is 0. The molecule has 3 N–H and O–H groups in total. The van der Waals surface area contributed by atoms with Gasteiger partial charge in [0.25, 0.3) is 0 Å². The van der Waals surface area contributed by atoms with Crippen LogP contribution in [0.3, 0.4) is 0 Å². The third kappa shape index (κ3) is 3.47. The van der Waals surface area contributed by atoms with Gasteiger partial charge in [-0.3, -0.25) is 5.43 Å². The minimum absolute atomic E-state index is 0.439. The molecule has 1 aliphatic heterocycles. The standard InChI is InChI=1S/C13H25N7/c1-3-7-19(8-4-2)12-15-11(18-14)16-13(17-12)20-9-5-6-10-20/h3-10,14H2,1-2H3,(H,15,16,17,18). The van der Waals surface area contributed by atoms with Crippen LogP contribution >= 0.6 is 0 Å². The summed E-state index contributed by atoms with van der Waals surface area (Å²) >= 11 is 0. The second-order valence-electron chi connectivity index (χ2n) is 5.08. The number of anilines is 3. The zero-order valence-electron chi connectivity index (χ0n) is 12.5. The molecule has 0 bridgehead atoms. The summed E-state index contributed by atoms with van der Waals surface area (Å²) in [6, 6.07) is 0. The van der Waals surface area contributed by atoms with Gasteiger partial charge in [0.1, 0.15) is 0 Å². The molecule has 1 saturated heterocycles. The number of nitrogens with zero attached hydrogens (tertiary/aromatic N) is 5. The normalized spacial score (nSPS) is 14.7. The maximum atomic E-state index is 5.49. The third-order valence-electron chi connectivity index (χ3n) is 3.40. The van der Waals surface area contributed by atoms with E-state index in [0.29, 0.717) is 5.95 Å². The number of hydrogen-bond acceptors (Lipinski definition) is 7. The molecule has 0 saturated carbocycles. The monoisotopic (exact) mass is 279 g/mol. The third-order valence-corrected chi connectivity index (χ3v) is 3.40. The Morgan fingerprint density at radius 2 is 1.75 bits per heavy atom. The Morgan fingerprint density at radius 1 is 1.10 bits per heavy atom. The van der Waals surface area contributed by atoms with Crippen LogP contribution in [0.15, 0.2) is 0 Å². The molecule has 7 heteroatoms. The fourth-order valence-electron chi connectivity index (χ4n) is 2.47. The Bertz CT molecular complexity index is 411. The summed E-state index contributed by atoms with van der Waals surface area (Å²) in [5.74, 6) is 7.39. The highest BCUT2D eigenvalue weighted by Crippen LogP contribution is 2.20. The molecular weight excluding hydrogens is 254 g/mol. The average molecular weight is 279 g/mol. The lowest BCUT2D eigenvalue weighted by atomic mass is 10.4. The lowest BCUT2D eigenvalue weighted by Crippen LogP contribution is -2.30. The van der Waals surface area contributed by atoms with Crippen molar-refractivity contribution in [3.63, 3.8) is 0 Å². The van der Waals surface area contributed by atoms with E-state index in [4.69, 9.17) is 5.84 Å². The fraction of sp³-hybridized carbons (Fsp3) is 0.769. The zero-order chi connectivity index (χ0) is 14.4. The van der Waals surface area contributed by atoms with Gasteiger partial charge in [0.05, 0.1) is 0 Å². The molecule has 2 rings (SSSR count). The number of aromatic nitrogens is 3. The fourth-order valence-corrected chi connectivity index (χ4v) is 2.47. The number of rotatable bonds is 7. The molecule has 2 heterocycles. The van der Waals surface area contributed by atoms with Crippen LogP contribution in [0.5, 0.6) is 0 Å². The molecule has 0 unspecified atom stereocenters. The SMILES string of the molecule is CCCN(CCC)c1nc(NN)nc(N2CCCC2)n1. The van der Waals surface area contributed by atoms with Gasteiger partial charge in [-0.05, 0) is 25.7 Å². The van der Waals surface area contributed by atoms with E-state index in [1.165, 1.54) is 12.8 Å². The molecule has 1 fully saturated rings. The highest BCUT2D eigenvalue weighted by atomic mass is 15.4. The second-order valence-corrected chi connectivity index (χ2v) is 5.08. The molecule has 7 nitrogen and oxygen atoms in total. The number of hydrogen-bond donors (Lipinski definition) is 2. The molecule has 20 heavy (non-hydrogen) atoms. The molecule has 1 aliphatic rings. The summed E-state index contributed by atoms with van der Waals surface area (Å²) in [5, 5.41) is 0. The first kappa shape index (κ1) is 14.8. The summed E-state index contributed by atoms with van der Waals surface area (Å²) in [4.78, 5) is 17.8. The minimum Gasteiger partial charge on any atom is -0.341 e. The van der Waals surface area contributed by atoms with Gasteiger partial charge in [-0.1, -0.05) is 13.8 Å². The van der Waals surface area contributed by atoms with E-state index in [0.717, 1.165) is 50.9 Å². The van der Waals surface area contributed by atoms with Crippen molar-refractivity contribution < 1.29 is 0 Å². The largest absolute Gasteiger partial charge is 0.341 e. The van der Waals surface area contributed by atoms with Crippen LogP contribution in [-0.4, -0.2) is 41.1 Å². The van der Waals surface area contributed by atoms with Crippen molar-refractivity contribution in [2.45, 2.75) is 39.5 Å². The van der Waals surface area contributed by atoms with Gasteiger partial charge in [-0.2, -0.15) is 15.0 Å². The average Bonchev–Trinajstić information content (AvgIpc) is 3.01. The van der Waals surface area contributed by atoms with E-state index < -0.39 is 0 Å². The van der Waals surface area contributed by atoms with Gasteiger partial charge >= 0.3 is 0 Å². The van der Waals surface area contributed by atoms with Gasteiger partial charge < -0.3 is 9.80 Å². The molecule has 0 radical (unpaired) electrons. The number of nitrogens with two attached hydrogens (primary N) is 1. The quantitative estimate of drug-likeness (QED) is 0.576. The lowest BCUT2D eigenvalue weighted by molar-refractivity contribution is 0.715. The van der Waals surface area contributed by atoms with Crippen LogP contribution < -0.4 is 21.1 Å². The van der Waals surface area contributed by atoms with E-state index >= 15 is 0 Å². The van der Waals surface area contributed by atoms with Crippen molar-refractivity contribution in [3.05, 3.63) is 0 Å². The van der Waals surface area contributed by atoms with Crippen LogP contribution in [0, 0.1) is 0 Å². The molecule has 0 aliphatic carbocycles. The van der Waals surface area contributed by atoms with Gasteiger partial charge in [0.2, 0.25) is 17.8 Å². The van der Waals surface area contributed by atoms with Crippen LogP contribution in [0.2, 0.25) is 0 Å². The highest BCUT2D eigenvalue weighted by Gasteiger charge is 2.19. The summed E-state index contributed by atoms with van der Waals surface area (Å²) in [5.41, 5.74) is 2.55. The number of nitrogen functional groups attached to an aromatic ring is 1. The molecule has 0 aromatic carbocycles. The Hall–Kier alpha value is -1.63. The van der Waals surface area contributed by atoms with Crippen molar-refractivity contribution in [2.24, 2.45) is 5.84 Å². The highest BCUT2D eigenvalue weighted by molar-refractivity contribution is 5.45. The first-order valence-electron chi connectivity index (χ1n) is 7.51. The smallest absolute Gasteiger partial charge is 0.243 e. The summed E-state index contributed by atoms with van der Waals surface area (Å²) < 4.78 is 0. The first-order valence-corrected chi connectivity index (χ1v) is 7.51. The van der Waals surface area contributed by atoms with E-state index in [2.05, 4.69) is 44.0 Å². The number of hydrazine groups is 1. The maximum Gasteiger partial charge on any atom is 0.243 e. The van der Waals surface area contributed by atoms with Crippen molar-refractivity contribution in [1.82, 2.24) is 15.0 Å². The molecule has 0 atom stereocenters. The van der Waals surface area contributed by atoms with Crippen LogP contribution in [0.25, 0.3) is 0 Å². The van der Waals surface area contributed by atoms with Gasteiger partial charge in [0.15, 0.2) is 0 Å². The van der Waals surface area contributed by atoms with Crippen LogP contribution in [0.1, 0.15) is 39.5 Å². The molecular formula is C13H25N7. The minimum atomic E-state index is 0.439. The van der Waals surface area contributed by atoms with Crippen molar-refractivity contribution in [1.29, 1.82) is 0 Å². The van der Waals surface area contributed by atoms with Crippen molar-refractivity contribution >= 4 is 17.8 Å². The molecule has 112 valence electrons. The topological polar surface area (TPSA) is 83.2 Å². The number of nitrogens with one attached hydrogen (secondary N) is 1. The molecule has 1 aromatic heterocycles. The predicted molar refractivity (Wildman–Crippen MR) is 81.9 cm³/mol. The Balaban J connectivity index is 2.27. The van der Waals surface area contributed by atoms with Crippen LogP contribution in [-0.2, 0) is 0 Å². The second kappa shape index (κ2) is 7.23. The van der Waals surface area contributed by atoms with Gasteiger partial charge in [-0.15, -0.1) is 0 Å². The van der Waals surface area contributed by atoms with E-state index in [9.17, 15) is 0 Å². The molecule has 0 amide bonds. The van der Waals surface area contributed by atoms with E-state index in [1.54, 1.807) is 0 Å². The first-order chi connectivity index (χ1) is 9.78. The Morgan fingerprint density at radius 3 is 2.30 bits per heavy atom. The summed E-state index contributed by atoms with van der Waals surface area (Å²) in [6.45, 7) is 8.23. The Kier molecular flexibility index (Phi) is 5.34. The summed E-state index contributed by atoms with van der Waals surface area (Å²) in [6.07, 6.45) is 4.52. The van der Waals surface area contributed by atoms with Crippen molar-refractivity contribution in [3.8, 4) is 0 Å². The predicted octanol–water partition coefficient (Wildman–Crippen LogP) is 1.38. The molecule has 0 spiro atoms. The Labute approximate surface area is 120 Å². The molecule has 1 aromatic rings. The van der Waals surface area contributed by atoms with E-state index in [1.807, 2.05) is 0 Å². The van der Waals surface area contributed by atoms with Crippen molar-refractivity contribution in [2.75, 3.05) is 41.4 Å². The maximum absolute atomic E-state index is 5.49. The zero-order valence-corrected chi connectivity index (χ0v) is 12.5. The van der Waals surface area contributed by atoms with E-state index in [-0.39, 0.29) is 0 Å². The lowest BCUT2D eigenvalue weighted by Gasteiger charge is -2.23. The van der Waals surface area contributed by atoms with Crippen LogP contribution in [0.4, 0.5) is 17.8 Å². The van der Waals surface area contributed by atoms with Gasteiger partial charge in [0, 0.05) is 26.2 Å². The van der Waals surface area contributed by atoms with Gasteiger partial charge in [-0.25, -0.2) is 5.84 Å².